The van der Waals surface area contributed by atoms with Gasteiger partial charge in [-0.2, -0.15) is 0 Å². The van der Waals surface area contributed by atoms with E-state index in [1.165, 1.54) is 6.07 Å². The number of phenolic OH excluding ortho intramolecular Hbond substituents is 1. The highest BCUT2D eigenvalue weighted by Gasteiger charge is 2.07. The number of hydrogen-bond donors (Lipinski definition) is 1. The van der Waals surface area contributed by atoms with Crippen LogP contribution in [0.15, 0.2) is 16.5 Å². The molecule has 0 saturated heterocycles. The van der Waals surface area contributed by atoms with E-state index in [0.717, 1.165) is 6.07 Å². The first-order valence-electron chi connectivity index (χ1n) is 3.42. The Kier molecular flexibility index (Phi) is 1.30. The first-order chi connectivity index (χ1) is 5.66. The van der Waals surface area contributed by atoms with Gasteiger partial charge in [0.1, 0.15) is 5.52 Å². The topological polar surface area (TPSA) is 46.3 Å². The summed E-state index contributed by atoms with van der Waals surface area (Å²) in [6.07, 6.45) is 0. The van der Waals surface area contributed by atoms with Crippen LogP contribution in [0.1, 0.15) is 5.89 Å². The normalized spacial score (nSPS) is 10.8. The second-order valence-electron chi connectivity index (χ2n) is 2.50. The number of nitrogens with zero attached hydrogens (tertiary/aromatic N) is 1. The number of benzene rings is 1. The third-order valence-corrected chi connectivity index (χ3v) is 1.56. The van der Waals surface area contributed by atoms with E-state index in [2.05, 4.69) is 4.98 Å². The van der Waals surface area contributed by atoms with Gasteiger partial charge >= 0.3 is 0 Å². The Morgan fingerprint density at radius 2 is 2.25 bits per heavy atom. The zero-order valence-electron chi connectivity index (χ0n) is 6.34. The SMILES string of the molecule is Cc1nc2cc(O)c(F)cc2o1. The van der Waals surface area contributed by atoms with Crippen LogP contribution in [0.5, 0.6) is 5.75 Å². The van der Waals surface area contributed by atoms with Gasteiger partial charge in [-0.1, -0.05) is 0 Å². The average Bonchev–Trinajstić information content (AvgIpc) is 2.30. The van der Waals surface area contributed by atoms with E-state index in [-0.39, 0.29) is 0 Å². The number of rotatable bonds is 0. The van der Waals surface area contributed by atoms with Gasteiger partial charge in [0.15, 0.2) is 23.0 Å². The van der Waals surface area contributed by atoms with Crippen molar-refractivity contribution in [1.29, 1.82) is 0 Å². The monoisotopic (exact) mass is 167 g/mol. The van der Waals surface area contributed by atoms with E-state index in [9.17, 15) is 4.39 Å². The van der Waals surface area contributed by atoms with E-state index >= 15 is 0 Å². The first kappa shape index (κ1) is 7.09. The van der Waals surface area contributed by atoms with E-state index < -0.39 is 11.6 Å². The predicted octanol–water partition coefficient (Wildman–Crippen LogP) is 1.98. The van der Waals surface area contributed by atoms with Crippen molar-refractivity contribution < 1.29 is 13.9 Å². The van der Waals surface area contributed by atoms with Crippen molar-refractivity contribution in [1.82, 2.24) is 4.98 Å². The molecule has 0 unspecified atom stereocenters. The number of phenols is 1. The second kappa shape index (κ2) is 2.20. The van der Waals surface area contributed by atoms with Crippen LogP contribution in [-0.2, 0) is 0 Å². The molecule has 1 aromatic heterocycles. The van der Waals surface area contributed by atoms with Crippen LogP contribution in [0.4, 0.5) is 4.39 Å². The van der Waals surface area contributed by atoms with Gasteiger partial charge in [0.05, 0.1) is 0 Å². The molecule has 0 bridgehead atoms. The lowest BCUT2D eigenvalue weighted by molar-refractivity contribution is 0.432. The van der Waals surface area contributed by atoms with Crippen LogP contribution >= 0.6 is 0 Å². The molecule has 3 nitrogen and oxygen atoms in total. The van der Waals surface area contributed by atoms with Gasteiger partial charge in [-0.05, 0) is 0 Å². The Balaban J connectivity index is 2.83. The molecule has 0 aliphatic heterocycles. The van der Waals surface area contributed by atoms with E-state index in [4.69, 9.17) is 9.52 Å². The van der Waals surface area contributed by atoms with Crippen molar-refractivity contribution in [2.45, 2.75) is 6.92 Å². The summed E-state index contributed by atoms with van der Waals surface area (Å²) in [6.45, 7) is 1.66. The Hall–Kier alpha value is -1.58. The summed E-state index contributed by atoms with van der Waals surface area (Å²) >= 11 is 0. The molecule has 0 radical (unpaired) electrons. The number of aryl methyl sites for hydroxylation is 1. The summed E-state index contributed by atoms with van der Waals surface area (Å²) in [5.74, 6) is -0.649. The first-order valence-corrected chi connectivity index (χ1v) is 3.42. The Bertz CT molecular complexity index is 397. The third-order valence-electron chi connectivity index (χ3n) is 1.56. The maximum atomic E-state index is 12.7. The lowest BCUT2D eigenvalue weighted by atomic mass is 10.3. The molecule has 62 valence electrons. The minimum atomic E-state index is -0.696. The highest BCUT2D eigenvalue weighted by atomic mass is 19.1. The minimum absolute atomic E-state index is 0.350. The zero-order valence-corrected chi connectivity index (χ0v) is 6.34. The molecule has 1 heterocycles. The molecule has 0 aliphatic carbocycles. The van der Waals surface area contributed by atoms with Gasteiger partial charge in [0, 0.05) is 19.1 Å². The van der Waals surface area contributed by atoms with Gasteiger partial charge < -0.3 is 9.52 Å². The summed E-state index contributed by atoms with van der Waals surface area (Å²) in [5.41, 5.74) is 0.814. The third kappa shape index (κ3) is 0.922. The quantitative estimate of drug-likeness (QED) is 0.652. The van der Waals surface area contributed by atoms with Crippen LogP contribution in [0, 0.1) is 12.7 Å². The highest BCUT2D eigenvalue weighted by molar-refractivity contribution is 5.74. The molecule has 0 saturated carbocycles. The van der Waals surface area contributed by atoms with Crippen LogP contribution in [-0.4, -0.2) is 10.1 Å². The Labute approximate surface area is 67.5 Å². The van der Waals surface area contributed by atoms with Crippen molar-refractivity contribution >= 4 is 11.1 Å². The van der Waals surface area contributed by atoms with Gasteiger partial charge in [0.2, 0.25) is 0 Å². The lowest BCUT2D eigenvalue weighted by Crippen LogP contribution is -1.75. The van der Waals surface area contributed by atoms with Gasteiger partial charge in [0.25, 0.3) is 0 Å². The molecule has 0 atom stereocenters. The van der Waals surface area contributed by atoms with Gasteiger partial charge in [-0.25, -0.2) is 9.37 Å². The molecule has 4 heteroatoms. The van der Waals surface area contributed by atoms with E-state index in [1.807, 2.05) is 0 Å². The number of fused-ring (bicyclic) bond motifs is 1. The highest BCUT2D eigenvalue weighted by Crippen LogP contribution is 2.23. The van der Waals surface area contributed by atoms with Crippen molar-refractivity contribution in [3.63, 3.8) is 0 Å². The lowest BCUT2D eigenvalue weighted by Gasteiger charge is -1.91. The molecule has 0 spiro atoms. The maximum Gasteiger partial charge on any atom is 0.192 e. The fourth-order valence-electron chi connectivity index (χ4n) is 1.05. The summed E-state index contributed by atoms with van der Waals surface area (Å²) < 4.78 is 17.8. The average molecular weight is 167 g/mol. The summed E-state index contributed by atoms with van der Waals surface area (Å²) in [6, 6.07) is 2.35. The molecular weight excluding hydrogens is 161 g/mol. The van der Waals surface area contributed by atoms with Gasteiger partial charge in [-0.3, -0.25) is 0 Å². The van der Waals surface area contributed by atoms with Crippen LogP contribution in [0.25, 0.3) is 11.1 Å². The molecule has 2 aromatic rings. The summed E-state index contributed by atoms with van der Waals surface area (Å²) in [5, 5.41) is 8.97. The largest absolute Gasteiger partial charge is 0.505 e. The number of halogens is 1. The molecule has 0 aliphatic rings. The molecule has 0 amide bonds. The molecule has 0 fully saturated rings. The molecule has 12 heavy (non-hydrogen) atoms. The minimum Gasteiger partial charge on any atom is -0.505 e. The molecular formula is C8H6FNO2. The van der Waals surface area contributed by atoms with Crippen LogP contribution in [0.3, 0.4) is 0 Å². The Morgan fingerprint density at radius 3 is 3.00 bits per heavy atom. The fraction of sp³-hybridized carbons (Fsp3) is 0.125. The van der Waals surface area contributed by atoms with Crippen LogP contribution in [0.2, 0.25) is 0 Å². The smallest absolute Gasteiger partial charge is 0.192 e. The Morgan fingerprint density at radius 1 is 1.50 bits per heavy atom. The van der Waals surface area contributed by atoms with Gasteiger partial charge in [-0.15, -0.1) is 0 Å². The number of oxazole rings is 1. The van der Waals surface area contributed by atoms with Crippen molar-refractivity contribution in [3.05, 3.63) is 23.8 Å². The zero-order chi connectivity index (χ0) is 8.72. The number of aromatic hydroxyl groups is 1. The molecule has 1 aromatic carbocycles. The number of hydrogen-bond acceptors (Lipinski definition) is 3. The summed E-state index contributed by atoms with van der Waals surface area (Å²) in [4.78, 5) is 3.92. The molecule has 2 rings (SSSR count). The fourth-order valence-corrected chi connectivity index (χ4v) is 1.05. The second-order valence-corrected chi connectivity index (χ2v) is 2.50. The van der Waals surface area contributed by atoms with Crippen molar-refractivity contribution in [2.24, 2.45) is 0 Å². The molecule has 1 N–H and O–H groups in total. The van der Waals surface area contributed by atoms with Crippen molar-refractivity contribution in [3.8, 4) is 5.75 Å². The standard InChI is InChI=1S/C8H6FNO2/c1-4-10-6-3-7(11)5(9)2-8(6)12-4/h2-3,11H,1H3. The summed E-state index contributed by atoms with van der Waals surface area (Å²) in [7, 11) is 0. The van der Waals surface area contributed by atoms with E-state index in [1.54, 1.807) is 6.92 Å². The van der Waals surface area contributed by atoms with Crippen LogP contribution < -0.4 is 0 Å². The number of aromatic nitrogens is 1. The predicted molar refractivity (Wildman–Crippen MR) is 40.4 cm³/mol. The van der Waals surface area contributed by atoms with Crippen molar-refractivity contribution in [2.75, 3.05) is 0 Å². The maximum absolute atomic E-state index is 12.7. The van der Waals surface area contributed by atoms with E-state index in [0.29, 0.717) is 17.0 Å².